The second kappa shape index (κ2) is 10.8. The number of nitrogens with one attached hydrogen (secondary N) is 3. The lowest BCUT2D eigenvalue weighted by molar-refractivity contribution is -0.128. The third-order valence-electron chi connectivity index (χ3n) is 6.27. The van der Waals surface area contributed by atoms with Crippen molar-refractivity contribution >= 4 is 51.5 Å². The summed E-state index contributed by atoms with van der Waals surface area (Å²) in [5.41, 5.74) is 3.19. The lowest BCUT2D eigenvalue weighted by Crippen LogP contribution is -2.29. The van der Waals surface area contributed by atoms with Crippen molar-refractivity contribution in [2.24, 2.45) is 5.41 Å². The van der Waals surface area contributed by atoms with Crippen LogP contribution in [0.4, 0.5) is 11.5 Å². The normalized spacial score (nSPS) is 11.5. The number of aromatic amines is 2. The molecule has 3 aromatic heterocycles. The van der Waals surface area contributed by atoms with E-state index in [-0.39, 0.29) is 23.1 Å². The fourth-order valence-electron chi connectivity index (χ4n) is 4.17. The van der Waals surface area contributed by atoms with Crippen LogP contribution in [0.5, 0.6) is 0 Å². The molecule has 10 heteroatoms. The van der Waals surface area contributed by atoms with Crippen LogP contribution in [0, 0.1) is 5.41 Å². The van der Waals surface area contributed by atoms with Crippen molar-refractivity contribution in [3.8, 4) is 10.4 Å². The van der Waals surface area contributed by atoms with Crippen LogP contribution in [0.2, 0.25) is 0 Å². The van der Waals surface area contributed by atoms with Crippen molar-refractivity contribution in [2.45, 2.75) is 40.0 Å². The van der Waals surface area contributed by atoms with E-state index in [1.807, 2.05) is 45.0 Å². The van der Waals surface area contributed by atoms with E-state index < -0.39 is 0 Å². The van der Waals surface area contributed by atoms with Crippen molar-refractivity contribution in [3.63, 3.8) is 0 Å². The highest BCUT2D eigenvalue weighted by molar-refractivity contribution is 7.17. The number of benzene rings is 1. The van der Waals surface area contributed by atoms with Crippen molar-refractivity contribution < 1.29 is 14.4 Å². The molecule has 0 saturated carbocycles. The number of fused-ring (bicyclic) bond motifs is 1. The summed E-state index contributed by atoms with van der Waals surface area (Å²) in [6.07, 6.45) is 4.68. The molecular formula is C28H34N6O3S. The second-order valence-electron chi connectivity index (χ2n) is 10.8. The molecule has 0 aliphatic heterocycles. The minimum absolute atomic E-state index is 0.00349. The number of aryl methyl sites for hydroxylation is 1. The van der Waals surface area contributed by atoms with Gasteiger partial charge in [0.1, 0.15) is 5.82 Å². The first-order valence-electron chi connectivity index (χ1n) is 12.4. The standard InChI is InChI=1S/C28H34N6O3S/c1-28(2,3)14-25(36)34(6)18-7-8-19-20(9-12-24(35)33(4)5)26(31-21(19)13-18)32-27(37)23-11-10-22(38-23)17-15-29-30-16-17/h7-8,10-11,13,15-16,31H,9,12,14H2,1-6H3,(H,29,30)(H,32,37). The molecule has 0 atom stereocenters. The number of anilines is 2. The number of hydrogen-bond donors (Lipinski definition) is 3. The Morgan fingerprint density at radius 1 is 1.05 bits per heavy atom. The molecule has 3 heterocycles. The Balaban J connectivity index is 1.64. The summed E-state index contributed by atoms with van der Waals surface area (Å²) < 4.78 is 0. The van der Waals surface area contributed by atoms with Gasteiger partial charge < -0.3 is 20.1 Å². The Morgan fingerprint density at radius 2 is 1.82 bits per heavy atom. The molecule has 0 bridgehead atoms. The zero-order chi connectivity index (χ0) is 27.6. The van der Waals surface area contributed by atoms with E-state index in [0.29, 0.717) is 30.0 Å². The van der Waals surface area contributed by atoms with Gasteiger partial charge in [0, 0.05) is 72.8 Å². The van der Waals surface area contributed by atoms with Crippen molar-refractivity contribution in [3.05, 3.63) is 53.2 Å². The highest BCUT2D eigenvalue weighted by Crippen LogP contribution is 2.33. The van der Waals surface area contributed by atoms with Gasteiger partial charge >= 0.3 is 0 Å². The maximum Gasteiger partial charge on any atom is 0.266 e. The van der Waals surface area contributed by atoms with Crippen LogP contribution in [0.1, 0.15) is 48.8 Å². The summed E-state index contributed by atoms with van der Waals surface area (Å²) >= 11 is 1.38. The third kappa shape index (κ3) is 6.13. The highest BCUT2D eigenvalue weighted by atomic mass is 32.1. The molecule has 0 unspecified atom stereocenters. The van der Waals surface area contributed by atoms with E-state index in [4.69, 9.17) is 0 Å². The molecule has 0 spiro atoms. The lowest BCUT2D eigenvalue weighted by atomic mass is 9.91. The minimum Gasteiger partial charge on any atom is -0.349 e. The average Bonchev–Trinajstić information content (AvgIpc) is 3.60. The number of aromatic nitrogens is 3. The van der Waals surface area contributed by atoms with Gasteiger partial charge in [0.15, 0.2) is 0 Å². The summed E-state index contributed by atoms with van der Waals surface area (Å²) in [6.45, 7) is 6.11. The first-order chi connectivity index (χ1) is 17.9. The van der Waals surface area contributed by atoms with Gasteiger partial charge in [-0.1, -0.05) is 26.8 Å². The van der Waals surface area contributed by atoms with Crippen LogP contribution in [-0.4, -0.2) is 58.9 Å². The molecular weight excluding hydrogens is 500 g/mol. The Labute approximate surface area is 226 Å². The van der Waals surface area contributed by atoms with Gasteiger partial charge in [0.25, 0.3) is 5.91 Å². The van der Waals surface area contributed by atoms with Gasteiger partial charge in [0.05, 0.1) is 11.1 Å². The van der Waals surface area contributed by atoms with Crippen LogP contribution in [0.15, 0.2) is 42.7 Å². The number of carbonyl (C=O) groups excluding carboxylic acids is 3. The molecule has 0 aliphatic rings. The Hall–Kier alpha value is -3.92. The Kier molecular flexibility index (Phi) is 7.73. The van der Waals surface area contributed by atoms with Crippen LogP contribution >= 0.6 is 11.3 Å². The van der Waals surface area contributed by atoms with Gasteiger partial charge in [-0.15, -0.1) is 11.3 Å². The van der Waals surface area contributed by atoms with Crippen molar-refractivity contribution in [2.75, 3.05) is 31.4 Å². The topological polar surface area (TPSA) is 114 Å². The molecule has 4 rings (SSSR count). The van der Waals surface area contributed by atoms with Gasteiger partial charge in [-0.2, -0.15) is 5.10 Å². The molecule has 0 radical (unpaired) electrons. The number of thiophene rings is 1. The average molecular weight is 535 g/mol. The summed E-state index contributed by atoms with van der Waals surface area (Å²) in [7, 11) is 5.22. The van der Waals surface area contributed by atoms with Crippen LogP contribution < -0.4 is 10.2 Å². The molecule has 4 aromatic rings. The molecule has 0 aliphatic carbocycles. The quantitative estimate of drug-likeness (QED) is 0.285. The Morgan fingerprint density at radius 3 is 2.47 bits per heavy atom. The van der Waals surface area contributed by atoms with Gasteiger partial charge in [-0.25, -0.2) is 0 Å². The minimum atomic E-state index is -0.241. The van der Waals surface area contributed by atoms with Crippen molar-refractivity contribution in [1.82, 2.24) is 20.1 Å². The fraction of sp³-hybridized carbons (Fsp3) is 0.357. The summed E-state index contributed by atoms with van der Waals surface area (Å²) in [6, 6.07) is 9.42. The van der Waals surface area contributed by atoms with Crippen LogP contribution in [0.3, 0.4) is 0 Å². The number of rotatable bonds is 8. The molecule has 3 N–H and O–H groups in total. The first-order valence-corrected chi connectivity index (χ1v) is 13.3. The zero-order valence-corrected chi connectivity index (χ0v) is 23.5. The van der Waals surface area contributed by atoms with Gasteiger partial charge in [-0.3, -0.25) is 19.5 Å². The van der Waals surface area contributed by atoms with E-state index in [0.717, 1.165) is 32.6 Å². The maximum atomic E-state index is 13.2. The van der Waals surface area contributed by atoms with E-state index in [9.17, 15) is 14.4 Å². The SMILES string of the molecule is CN(C)C(=O)CCc1c(NC(=O)c2ccc(-c3cn[nH]c3)s2)[nH]c2cc(N(C)C(=O)CC(C)(C)C)ccc12. The van der Waals surface area contributed by atoms with Crippen LogP contribution in [0.25, 0.3) is 21.3 Å². The van der Waals surface area contributed by atoms with E-state index >= 15 is 0 Å². The van der Waals surface area contributed by atoms with Gasteiger partial charge in [0.2, 0.25) is 11.8 Å². The highest BCUT2D eigenvalue weighted by Gasteiger charge is 2.22. The predicted octanol–water partition coefficient (Wildman–Crippen LogP) is 5.29. The monoisotopic (exact) mass is 534 g/mol. The zero-order valence-electron chi connectivity index (χ0n) is 22.6. The van der Waals surface area contributed by atoms with E-state index in [1.54, 1.807) is 49.4 Å². The molecule has 38 heavy (non-hydrogen) atoms. The third-order valence-corrected chi connectivity index (χ3v) is 7.40. The van der Waals surface area contributed by atoms with Gasteiger partial charge in [-0.05, 0) is 36.1 Å². The number of carbonyl (C=O) groups is 3. The second-order valence-corrected chi connectivity index (χ2v) is 11.9. The summed E-state index contributed by atoms with van der Waals surface area (Å²) in [4.78, 5) is 46.4. The lowest BCUT2D eigenvalue weighted by Gasteiger charge is -2.23. The summed E-state index contributed by atoms with van der Waals surface area (Å²) in [5, 5.41) is 10.7. The van der Waals surface area contributed by atoms with E-state index in [2.05, 4.69) is 20.5 Å². The van der Waals surface area contributed by atoms with Crippen molar-refractivity contribution in [1.29, 1.82) is 0 Å². The number of hydrogen-bond acceptors (Lipinski definition) is 5. The number of amides is 3. The predicted molar refractivity (Wildman–Crippen MR) is 153 cm³/mol. The number of nitrogens with zero attached hydrogens (tertiary/aromatic N) is 3. The fourth-order valence-corrected chi connectivity index (χ4v) is 5.05. The molecule has 0 saturated heterocycles. The molecule has 9 nitrogen and oxygen atoms in total. The first kappa shape index (κ1) is 27.1. The Bertz CT molecular complexity index is 1460. The summed E-state index contributed by atoms with van der Waals surface area (Å²) in [5.74, 6) is 0.341. The molecule has 200 valence electrons. The largest absolute Gasteiger partial charge is 0.349 e. The number of H-pyrrole nitrogens is 2. The smallest absolute Gasteiger partial charge is 0.266 e. The van der Waals surface area contributed by atoms with Crippen LogP contribution in [-0.2, 0) is 16.0 Å². The molecule has 3 amide bonds. The maximum absolute atomic E-state index is 13.2. The van der Waals surface area contributed by atoms with E-state index in [1.165, 1.54) is 11.3 Å². The molecule has 0 fully saturated rings. The molecule has 1 aromatic carbocycles.